The molecule has 0 spiro atoms. The first kappa shape index (κ1) is 11.9. The van der Waals surface area contributed by atoms with Gasteiger partial charge < -0.3 is 15.7 Å². The lowest BCUT2D eigenvalue weighted by atomic mass is 10.1. The summed E-state index contributed by atoms with van der Waals surface area (Å²) in [5.41, 5.74) is 7.36. The van der Waals surface area contributed by atoms with Gasteiger partial charge in [-0.05, 0) is 31.6 Å². The predicted molar refractivity (Wildman–Crippen MR) is 64.0 cm³/mol. The number of phenols is 1. The van der Waals surface area contributed by atoms with Gasteiger partial charge in [-0.3, -0.25) is 0 Å². The highest BCUT2D eigenvalue weighted by molar-refractivity contribution is 5.53. The number of nitrogen functional groups attached to an aromatic ring is 1. The summed E-state index contributed by atoms with van der Waals surface area (Å²) in [5, 5.41) is 9.65. The number of nitrogens with zero attached hydrogens (tertiary/aromatic N) is 1. The first-order chi connectivity index (χ1) is 7.19. The number of phenolic OH excluding ortho intramolecular Hbond substituents is 1. The average Bonchev–Trinajstić information content (AvgIpc) is 2.23. The first-order valence-electron chi connectivity index (χ1n) is 5.47. The Hall–Kier alpha value is -1.22. The smallest absolute Gasteiger partial charge is 0.120 e. The van der Waals surface area contributed by atoms with Gasteiger partial charge >= 0.3 is 0 Å². The molecule has 0 bridgehead atoms. The Bertz CT molecular complexity index is 288. The number of aromatic hydroxyl groups is 1. The van der Waals surface area contributed by atoms with Crippen LogP contribution < -0.4 is 5.73 Å². The van der Waals surface area contributed by atoms with Gasteiger partial charge in [-0.2, -0.15) is 0 Å². The van der Waals surface area contributed by atoms with Gasteiger partial charge in [-0.1, -0.05) is 19.9 Å². The zero-order valence-corrected chi connectivity index (χ0v) is 9.53. The van der Waals surface area contributed by atoms with Gasteiger partial charge in [0.15, 0.2) is 0 Å². The Balaban J connectivity index is 2.64. The minimum Gasteiger partial charge on any atom is -0.508 e. The normalized spacial score (nSPS) is 10.9. The van der Waals surface area contributed by atoms with Crippen molar-refractivity contribution in [3.8, 4) is 5.75 Å². The number of hydrogen-bond acceptors (Lipinski definition) is 3. The monoisotopic (exact) mass is 208 g/mol. The molecular weight excluding hydrogens is 188 g/mol. The largest absolute Gasteiger partial charge is 0.508 e. The molecule has 0 heterocycles. The van der Waals surface area contributed by atoms with Crippen molar-refractivity contribution in [3.05, 3.63) is 23.8 Å². The molecule has 3 N–H and O–H groups in total. The molecule has 0 amide bonds. The first-order valence-corrected chi connectivity index (χ1v) is 5.47. The molecular formula is C12H20N2O. The molecule has 0 unspecified atom stereocenters. The van der Waals surface area contributed by atoms with E-state index in [1.54, 1.807) is 12.1 Å². The van der Waals surface area contributed by atoms with Crippen LogP contribution in [0.5, 0.6) is 5.75 Å². The van der Waals surface area contributed by atoms with Crippen LogP contribution in [0, 0.1) is 0 Å². The van der Waals surface area contributed by atoms with Crippen LogP contribution in [0.1, 0.15) is 19.4 Å². The van der Waals surface area contributed by atoms with Crippen molar-refractivity contribution in [1.29, 1.82) is 0 Å². The van der Waals surface area contributed by atoms with Gasteiger partial charge in [0.1, 0.15) is 5.75 Å². The highest BCUT2D eigenvalue weighted by Gasteiger charge is 2.06. The molecule has 15 heavy (non-hydrogen) atoms. The average molecular weight is 208 g/mol. The quantitative estimate of drug-likeness (QED) is 0.726. The minimum atomic E-state index is 0.308. The molecule has 1 aromatic carbocycles. The van der Waals surface area contributed by atoms with Crippen molar-refractivity contribution >= 4 is 5.69 Å². The lowest BCUT2D eigenvalue weighted by molar-refractivity contribution is 0.306. The molecule has 0 aromatic heterocycles. The molecule has 0 aliphatic rings. The van der Waals surface area contributed by atoms with Crippen LogP contribution in [-0.4, -0.2) is 29.6 Å². The topological polar surface area (TPSA) is 49.5 Å². The number of benzene rings is 1. The fraction of sp³-hybridized carbons (Fsp3) is 0.500. The van der Waals surface area contributed by atoms with Crippen molar-refractivity contribution in [2.45, 2.75) is 20.3 Å². The summed E-state index contributed by atoms with van der Waals surface area (Å²) in [4.78, 5) is 2.31. The van der Waals surface area contributed by atoms with E-state index in [1.165, 1.54) is 0 Å². The maximum absolute atomic E-state index is 9.65. The minimum absolute atomic E-state index is 0.308. The summed E-state index contributed by atoms with van der Waals surface area (Å²) in [7, 11) is 0. The van der Waals surface area contributed by atoms with E-state index in [0.29, 0.717) is 11.4 Å². The molecule has 84 valence electrons. The Kier molecular flexibility index (Phi) is 4.43. The van der Waals surface area contributed by atoms with Crippen LogP contribution in [0.4, 0.5) is 5.69 Å². The maximum Gasteiger partial charge on any atom is 0.120 e. The Labute approximate surface area is 91.5 Å². The third-order valence-electron chi connectivity index (χ3n) is 2.76. The van der Waals surface area contributed by atoms with Crippen LogP contribution in [0.15, 0.2) is 18.2 Å². The zero-order chi connectivity index (χ0) is 11.3. The second-order valence-corrected chi connectivity index (χ2v) is 3.62. The van der Waals surface area contributed by atoms with Crippen LogP contribution in [-0.2, 0) is 6.42 Å². The maximum atomic E-state index is 9.65. The highest BCUT2D eigenvalue weighted by Crippen LogP contribution is 2.23. The van der Waals surface area contributed by atoms with Crippen molar-refractivity contribution < 1.29 is 5.11 Å². The summed E-state index contributed by atoms with van der Waals surface area (Å²) >= 11 is 0. The van der Waals surface area contributed by atoms with Gasteiger partial charge in [0.25, 0.3) is 0 Å². The lowest BCUT2D eigenvalue weighted by Crippen LogP contribution is -2.25. The van der Waals surface area contributed by atoms with E-state index in [4.69, 9.17) is 5.73 Å². The second-order valence-electron chi connectivity index (χ2n) is 3.62. The zero-order valence-electron chi connectivity index (χ0n) is 9.53. The second kappa shape index (κ2) is 5.61. The lowest BCUT2D eigenvalue weighted by Gasteiger charge is -2.18. The van der Waals surface area contributed by atoms with Crippen LogP contribution in [0.2, 0.25) is 0 Å². The van der Waals surface area contributed by atoms with E-state index in [1.807, 2.05) is 6.07 Å². The van der Waals surface area contributed by atoms with Gasteiger partial charge in [-0.15, -0.1) is 0 Å². The Morgan fingerprint density at radius 2 is 1.93 bits per heavy atom. The summed E-state index contributed by atoms with van der Waals surface area (Å²) in [6.45, 7) is 7.28. The molecule has 0 radical (unpaired) electrons. The van der Waals surface area contributed by atoms with Gasteiger partial charge in [0, 0.05) is 17.8 Å². The molecule has 1 aromatic rings. The van der Waals surface area contributed by atoms with E-state index in [2.05, 4.69) is 18.7 Å². The fourth-order valence-corrected chi connectivity index (χ4v) is 1.67. The molecule has 3 nitrogen and oxygen atoms in total. The number of hydrogen-bond donors (Lipinski definition) is 2. The van der Waals surface area contributed by atoms with Gasteiger partial charge in [0.2, 0.25) is 0 Å². The number of nitrogens with two attached hydrogens (primary N) is 1. The van der Waals surface area contributed by atoms with Crippen LogP contribution in [0.25, 0.3) is 0 Å². The molecule has 0 aliphatic heterocycles. The molecule has 1 rings (SSSR count). The Morgan fingerprint density at radius 1 is 1.27 bits per heavy atom. The Morgan fingerprint density at radius 3 is 2.47 bits per heavy atom. The van der Waals surface area contributed by atoms with Crippen molar-refractivity contribution in [2.24, 2.45) is 0 Å². The van der Waals surface area contributed by atoms with Crippen LogP contribution in [0.3, 0.4) is 0 Å². The number of likely N-dealkylation sites (N-methyl/N-ethyl adjacent to an activating group) is 1. The third kappa shape index (κ3) is 3.13. The van der Waals surface area contributed by atoms with Gasteiger partial charge in [-0.25, -0.2) is 0 Å². The van der Waals surface area contributed by atoms with E-state index >= 15 is 0 Å². The van der Waals surface area contributed by atoms with Crippen molar-refractivity contribution in [1.82, 2.24) is 4.90 Å². The standard InChI is InChI=1S/C12H20N2O/c1-3-14(4-2)9-8-10-11(13)6-5-7-12(10)15/h5-7,15H,3-4,8-9,13H2,1-2H3. The molecule has 3 heteroatoms. The summed E-state index contributed by atoms with van der Waals surface area (Å²) in [6, 6.07) is 5.29. The van der Waals surface area contributed by atoms with Crippen molar-refractivity contribution in [2.75, 3.05) is 25.4 Å². The number of rotatable bonds is 5. The highest BCUT2D eigenvalue weighted by atomic mass is 16.3. The van der Waals surface area contributed by atoms with E-state index in [9.17, 15) is 5.11 Å². The molecule has 0 atom stereocenters. The summed E-state index contributed by atoms with van der Waals surface area (Å²) in [6.07, 6.45) is 0.806. The predicted octanol–water partition coefficient (Wildman–Crippen LogP) is 1.86. The SMILES string of the molecule is CCN(CC)CCc1c(N)cccc1O. The van der Waals surface area contributed by atoms with Crippen molar-refractivity contribution in [3.63, 3.8) is 0 Å². The fourth-order valence-electron chi connectivity index (χ4n) is 1.67. The number of anilines is 1. The third-order valence-corrected chi connectivity index (χ3v) is 2.76. The summed E-state index contributed by atoms with van der Waals surface area (Å²) in [5.74, 6) is 0.308. The van der Waals surface area contributed by atoms with E-state index < -0.39 is 0 Å². The van der Waals surface area contributed by atoms with E-state index in [0.717, 1.165) is 31.6 Å². The molecule has 0 fully saturated rings. The van der Waals surface area contributed by atoms with Crippen LogP contribution >= 0.6 is 0 Å². The van der Waals surface area contributed by atoms with E-state index in [-0.39, 0.29) is 0 Å². The molecule has 0 saturated heterocycles. The molecule has 0 saturated carbocycles. The molecule has 0 aliphatic carbocycles. The summed E-state index contributed by atoms with van der Waals surface area (Å²) < 4.78 is 0. The van der Waals surface area contributed by atoms with Gasteiger partial charge in [0.05, 0.1) is 0 Å².